The number of aromatic nitrogens is 3. The summed E-state index contributed by atoms with van der Waals surface area (Å²) in [5, 5.41) is 14.4. The fraction of sp³-hybridized carbons (Fsp3) is 0.182. The number of benzene rings is 2. The summed E-state index contributed by atoms with van der Waals surface area (Å²) in [5.41, 5.74) is 1.21. The Morgan fingerprint density at radius 3 is 2.44 bits per heavy atom. The molecule has 0 aliphatic rings. The van der Waals surface area contributed by atoms with Gasteiger partial charge in [0.2, 0.25) is 0 Å². The summed E-state index contributed by atoms with van der Waals surface area (Å²) in [4.78, 5) is 13.2. The lowest BCUT2D eigenvalue weighted by Gasteiger charge is -2.14. The topological polar surface area (TPSA) is 78.0 Å². The van der Waals surface area contributed by atoms with Crippen LogP contribution < -0.4 is 15.0 Å². The predicted octanol–water partition coefficient (Wildman–Crippen LogP) is 3.61. The number of hydrogen-bond acceptors (Lipinski definition) is 5. The molecule has 10 heteroatoms. The maximum Gasteiger partial charge on any atom is 0.573 e. The maximum atomic E-state index is 13.2. The van der Waals surface area contributed by atoms with Crippen molar-refractivity contribution in [2.24, 2.45) is 0 Å². The van der Waals surface area contributed by atoms with Crippen molar-refractivity contribution in [1.29, 1.82) is 0 Å². The molecule has 0 spiro atoms. The standard InChI is InChI=1S/C22H18F3N3O4/c1-31-16-8-6-14(7-9-16)19-17(13-29)20-21(30)27(10-11-28(20)26-19)12-15-4-2-3-5-18(15)32-22(23,24)25/h2-11,29H,12-13H2,1H3. The number of fused-ring (bicyclic) bond motifs is 1. The van der Waals surface area contributed by atoms with E-state index in [0.29, 0.717) is 22.6 Å². The first-order valence-electron chi connectivity index (χ1n) is 9.50. The lowest BCUT2D eigenvalue weighted by atomic mass is 10.1. The second kappa shape index (κ2) is 8.39. The minimum atomic E-state index is -4.85. The highest BCUT2D eigenvalue weighted by atomic mass is 19.4. The number of aliphatic hydroxyl groups is 1. The molecule has 2 heterocycles. The minimum absolute atomic E-state index is 0.134. The van der Waals surface area contributed by atoms with Crippen LogP contribution in [0.1, 0.15) is 11.1 Å². The normalized spacial score (nSPS) is 11.7. The molecule has 2 aromatic carbocycles. The van der Waals surface area contributed by atoms with Crippen molar-refractivity contribution in [3.63, 3.8) is 0 Å². The summed E-state index contributed by atoms with van der Waals surface area (Å²) in [6.07, 6.45) is -1.92. The third-order valence-electron chi connectivity index (χ3n) is 4.92. The second-order valence-corrected chi connectivity index (χ2v) is 6.89. The molecule has 2 aromatic heterocycles. The average Bonchev–Trinajstić information content (AvgIpc) is 3.15. The van der Waals surface area contributed by atoms with Crippen LogP contribution in [0.15, 0.2) is 65.7 Å². The van der Waals surface area contributed by atoms with E-state index < -0.39 is 18.5 Å². The Hall–Kier alpha value is -3.79. The first-order chi connectivity index (χ1) is 15.3. The first-order valence-corrected chi connectivity index (χ1v) is 9.50. The van der Waals surface area contributed by atoms with Gasteiger partial charge < -0.3 is 19.1 Å². The molecular weight excluding hydrogens is 427 g/mol. The van der Waals surface area contributed by atoms with Gasteiger partial charge in [-0.15, -0.1) is 13.2 Å². The zero-order valence-corrected chi connectivity index (χ0v) is 16.8. The summed E-state index contributed by atoms with van der Waals surface area (Å²) in [7, 11) is 1.54. The molecular formula is C22H18F3N3O4. The van der Waals surface area contributed by atoms with Gasteiger partial charge in [-0.3, -0.25) is 4.79 Å². The van der Waals surface area contributed by atoms with Gasteiger partial charge in [0, 0.05) is 29.1 Å². The predicted molar refractivity (Wildman–Crippen MR) is 110 cm³/mol. The molecule has 4 aromatic rings. The van der Waals surface area contributed by atoms with E-state index in [1.54, 1.807) is 37.4 Å². The zero-order chi connectivity index (χ0) is 22.9. The highest BCUT2D eigenvalue weighted by Gasteiger charge is 2.32. The number of ether oxygens (including phenoxy) is 2. The van der Waals surface area contributed by atoms with Gasteiger partial charge in [-0.2, -0.15) is 5.10 Å². The van der Waals surface area contributed by atoms with Crippen LogP contribution in [0.3, 0.4) is 0 Å². The van der Waals surface area contributed by atoms with Crippen LogP contribution in [-0.4, -0.2) is 32.8 Å². The van der Waals surface area contributed by atoms with Crippen molar-refractivity contribution < 1.29 is 27.8 Å². The van der Waals surface area contributed by atoms with Crippen LogP contribution in [0.25, 0.3) is 16.8 Å². The molecule has 0 bridgehead atoms. The van der Waals surface area contributed by atoms with E-state index in [1.807, 2.05) is 0 Å². The van der Waals surface area contributed by atoms with Crippen molar-refractivity contribution in [3.05, 3.63) is 82.4 Å². The summed E-state index contributed by atoms with van der Waals surface area (Å²) in [6.45, 7) is -0.604. The zero-order valence-electron chi connectivity index (χ0n) is 16.8. The third-order valence-corrected chi connectivity index (χ3v) is 4.92. The summed E-state index contributed by atoms with van der Waals surface area (Å²) < 4.78 is 50.0. The number of nitrogens with zero attached hydrogens (tertiary/aromatic N) is 3. The molecule has 0 aliphatic carbocycles. The number of halogens is 3. The van der Waals surface area contributed by atoms with Crippen LogP contribution in [0, 0.1) is 0 Å². The van der Waals surface area contributed by atoms with E-state index in [4.69, 9.17) is 4.74 Å². The number of hydrogen-bond donors (Lipinski definition) is 1. The van der Waals surface area contributed by atoms with Crippen molar-refractivity contribution in [2.75, 3.05) is 7.11 Å². The van der Waals surface area contributed by atoms with E-state index in [0.717, 1.165) is 0 Å². The molecule has 0 amide bonds. The summed E-state index contributed by atoms with van der Waals surface area (Å²) in [6, 6.07) is 12.6. The fourth-order valence-electron chi connectivity index (χ4n) is 3.45. The smallest absolute Gasteiger partial charge is 0.497 e. The number of methoxy groups -OCH3 is 1. The first kappa shape index (κ1) is 21.4. The van der Waals surface area contributed by atoms with Crippen molar-refractivity contribution >= 4 is 5.52 Å². The quantitative estimate of drug-likeness (QED) is 0.491. The van der Waals surface area contributed by atoms with Gasteiger partial charge in [0.15, 0.2) is 0 Å². The van der Waals surface area contributed by atoms with Crippen molar-refractivity contribution in [1.82, 2.24) is 14.2 Å². The third kappa shape index (κ3) is 4.17. The van der Waals surface area contributed by atoms with Gasteiger partial charge >= 0.3 is 6.36 Å². The molecule has 0 radical (unpaired) electrons. The molecule has 4 rings (SSSR count). The largest absolute Gasteiger partial charge is 0.573 e. The number of alkyl halides is 3. The van der Waals surface area contributed by atoms with Gasteiger partial charge in [-0.25, -0.2) is 4.52 Å². The Bertz CT molecular complexity index is 1310. The lowest BCUT2D eigenvalue weighted by molar-refractivity contribution is -0.274. The number of para-hydroxylation sites is 1. The van der Waals surface area contributed by atoms with Crippen molar-refractivity contribution in [3.8, 4) is 22.8 Å². The van der Waals surface area contributed by atoms with Crippen LogP contribution in [0.4, 0.5) is 13.2 Å². The van der Waals surface area contributed by atoms with Gasteiger partial charge in [0.25, 0.3) is 5.56 Å². The summed E-state index contributed by atoms with van der Waals surface area (Å²) in [5.74, 6) is 0.256. The van der Waals surface area contributed by atoms with E-state index in [-0.39, 0.29) is 23.4 Å². The molecule has 32 heavy (non-hydrogen) atoms. The Labute approximate surface area is 179 Å². The van der Waals surface area contributed by atoms with E-state index in [2.05, 4.69) is 9.84 Å². The molecule has 1 N–H and O–H groups in total. The Kier molecular flexibility index (Phi) is 5.62. The molecule has 0 saturated carbocycles. The Balaban J connectivity index is 1.78. The number of rotatable bonds is 6. The molecule has 7 nitrogen and oxygen atoms in total. The Morgan fingerprint density at radius 1 is 1.06 bits per heavy atom. The molecule has 0 saturated heterocycles. The van der Waals surface area contributed by atoms with Gasteiger partial charge in [-0.1, -0.05) is 18.2 Å². The average molecular weight is 445 g/mol. The molecule has 0 unspecified atom stereocenters. The summed E-state index contributed by atoms with van der Waals surface area (Å²) >= 11 is 0. The SMILES string of the molecule is COc1ccc(-c2nn3ccn(Cc4ccccc4OC(F)(F)F)c(=O)c3c2CO)cc1. The maximum absolute atomic E-state index is 13.2. The fourth-order valence-corrected chi connectivity index (χ4v) is 3.45. The molecule has 166 valence electrons. The van der Waals surface area contributed by atoms with E-state index >= 15 is 0 Å². The van der Waals surface area contributed by atoms with Crippen LogP contribution in [-0.2, 0) is 13.2 Å². The second-order valence-electron chi connectivity index (χ2n) is 6.89. The van der Waals surface area contributed by atoms with Gasteiger partial charge in [0.05, 0.1) is 26.0 Å². The van der Waals surface area contributed by atoms with E-state index in [1.165, 1.54) is 39.7 Å². The monoisotopic (exact) mass is 445 g/mol. The van der Waals surface area contributed by atoms with Crippen LogP contribution in [0.2, 0.25) is 0 Å². The molecule has 0 atom stereocenters. The molecule has 0 aliphatic heterocycles. The van der Waals surface area contributed by atoms with Gasteiger partial charge in [0.1, 0.15) is 17.0 Å². The van der Waals surface area contributed by atoms with Gasteiger partial charge in [-0.05, 0) is 30.3 Å². The minimum Gasteiger partial charge on any atom is -0.497 e. The Morgan fingerprint density at radius 2 is 1.78 bits per heavy atom. The lowest BCUT2D eigenvalue weighted by Crippen LogP contribution is -2.24. The van der Waals surface area contributed by atoms with Crippen molar-refractivity contribution in [2.45, 2.75) is 19.5 Å². The molecule has 0 fully saturated rings. The number of aliphatic hydroxyl groups excluding tert-OH is 1. The van der Waals surface area contributed by atoms with Crippen LogP contribution in [0.5, 0.6) is 11.5 Å². The highest BCUT2D eigenvalue weighted by molar-refractivity contribution is 5.72. The van der Waals surface area contributed by atoms with E-state index in [9.17, 15) is 23.1 Å². The van der Waals surface area contributed by atoms with Crippen LogP contribution >= 0.6 is 0 Å². The highest BCUT2D eigenvalue weighted by Crippen LogP contribution is 2.28.